The van der Waals surface area contributed by atoms with E-state index < -0.39 is 37.0 Å². The number of nitro benzene ring substituents is 1. The fraction of sp³-hybridized carbons (Fsp3) is 0.407. The molecule has 0 saturated carbocycles. The van der Waals surface area contributed by atoms with Crippen LogP contribution in [0.5, 0.6) is 11.6 Å². The number of carbonyl (C=O) groups is 1. The minimum atomic E-state index is -4.25. The van der Waals surface area contributed by atoms with Crippen molar-refractivity contribution < 1.29 is 22.9 Å². The van der Waals surface area contributed by atoms with Crippen molar-refractivity contribution in [1.29, 1.82) is 0 Å². The molecule has 1 heterocycles. The zero-order valence-corrected chi connectivity index (χ0v) is 24.3. The van der Waals surface area contributed by atoms with E-state index >= 15 is 0 Å². The number of carbonyl (C=O) groups excluding carboxylic acids is 1. The number of sulfonamides is 1. The van der Waals surface area contributed by atoms with Gasteiger partial charge in [0, 0.05) is 29.3 Å². The molecule has 1 amide bonds. The molecule has 3 aromatic rings. The van der Waals surface area contributed by atoms with E-state index in [1.165, 1.54) is 10.7 Å². The molecule has 3 rings (SSSR count). The normalized spacial score (nSPS) is 12.7. The molecule has 0 radical (unpaired) electrons. The lowest BCUT2D eigenvalue weighted by Crippen LogP contribution is -2.40. The molecule has 2 aromatic carbocycles. The third kappa shape index (κ3) is 6.82. The predicted octanol–water partition coefficient (Wildman–Crippen LogP) is 5.10. The highest BCUT2D eigenvalue weighted by atomic mass is 32.2. The Morgan fingerprint density at radius 2 is 1.82 bits per heavy atom. The molecule has 2 N–H and O–H groups in total. The lowest BCUT2D eigenvalue weighted by atomic mass is 10.1. The van der Waals surface area contributed by atoms with Gasteiger partial charge in [-0.1, -0.05) is 19.1 Å². The third-order valence-corrected chi connectivity index (χ3v) is 7.72. The van der Waals surface area contributed by atoms with Gasteiger partial charge in [0.25, 0.3) is 11.6 Å². The monoisotopic (exact) mass is 557 g/mol. The van der Waals surface area contributed by atoms with Crippen LogP contribution in [0.3, 0.4) is 0 Å². The van der Waals surface area contributed by atoms with E-state index in [9.17, 15) is 23.3 Å². The first kappa shape index (κ1) is 29.8. The van der Waals surface area contributed by atoms with Crippen LogP contribution in [-0.2, 0) is 10.0 Å². The van der Waals surface area contributed by atoms with Crippen molar-refractivity contribution in [1.82, 2.24) is 19.8 Å². The Bertz CT molecular complexity index is 1520. The standard InChI is InChI=1S/C27H35N5O6S/c1-9-18(4)28-25(33)24-19(5)26(31(29-24)21-14-16(2)10-11-17(21)3)38-22-13-12-20(32(34)35)15-23(22)39(36,37)30-27(6,7)8/h10-15,18,30H,9H2,1-8H3,(H,28,33)/t18-/m1/s1. The Kier molecular flexibility index (Phi) is 8.51. The van der Waals surface area contributed by atoms with Crippen molar-refractivity contribution in [3.63, 3.8) is 0 Å². The van der Waals surface area contributed by atoms with Gasteiger partial charge in [-0.25, -0.2) is 13.1 Å². The zero-order chi connectivity index (χ0) is 29.3. The number of nitrogens with one attached hydrogen (secondary N) is 2. The second-order valence-corrected chi connectivity index (χ2v) is 12.3. The van der Waals surface area contributed by atoms with Gasteiger partial charge >= 0.3 is 0 Å². The zero-order valence-electron chi connectivity index (χ0n) is 23.4. The molecule has 0 saturated heterocycles. The summed E-state index contributed by atoms with van der Waals surface area (Å²) in [5.74, 6) is -0.443. The van der Waals surface area contributed by atoms with Gasteiger partial charge in [-0.2, -0.15) is 9.78 Å². The summed E-state index contributed by atoms with van der Waals surface area (Å²) in [5.41, 5.74) is 1.63. The molecule has 0 fully saturated rings. The molecule has 1 aromatic heterocycles. The van der Waals surface area contributed by atoms with Crippen LogP contribution in [0.1, 0.15) is 68.2 Å². The Hall–Kier alpha value is -3.77. The maximum atomic E-state index is 13.3. The van der Waals surface area contributed by atoms with Gasteiger partial charge in [0.05, 0.1) is 10.6 Å². The van der Waals surface area contributed by atoms with E-state index in [0.29, 0.717) is 11.3 Å². The first-order chi connectivity index (χ1) is 18.0. The smallest absolute Gasteiger partial charge is 0.272 e. The Labute approximate surface area is 228 Å². The van der Waals surface area contributed by atoms with E-state index in [4.69, 9.17) is 4.74 Å². The van der Waals surface area contributed by atoms with Gasteiger partial charge in [-0.15, -0.1) is 0 Å². The largest absolute Gasteiger partial charge is 0.437 e. The van der Waals surface area contributed by atoms with Gasteiger partial charge in [-0.05, 0) is 78.1 Å². The quantitative estimate of drug-likeness (QED) is 0.275. The summed E-state index contributed by atoms with van der Waals surface area (Å²) in [7, 11) is -4.25. The topological polar surface area (TPSA) is 145 Å². The van der Waals surface area contributed by atoms with Crippen molar-refractivity contribution in [3.05, 3.63) is 68.9 Å². The summed E-state index contributed by atoms with van der Waals surface area (Å²) in [4.78, 5) is 23.5. The predicted molar refractivity (Wildman–Crippen MR) is 148 cm³/mol. The van der Waals surface area contributed by atoms with Crippen molar-refractivity contribution in [2.24, 2.45) is 0 Å². The van der Waals surface area contributed by atoms with Crippen LogP contribution in [0.25, 0.3) is 5.69 Å². The van der Waals surface area contributed by atoms with Crippen molar-refractivity contribution in [2.45, 2.75) is 78.3 Å². The number of non-ortho nitro benzene ring substituents is 1. The highest BCUT2D eigenvalue weighted by Gasteiger charge is 2.30. The van der Waals surface area contributed by atoms with Crippen LogP contribution >= 0.6 is 0 Å². The van der Waals surface area contributed by atoms with E-state index in [-0.39, 0.29) is 23.4 Å². The molecule has 0 spiro atoms. The number of hydrogen-bond acceptors (Lipinski definition) is 7. The van der Waals surface area contributed by atoms with Gasteiger partial charge < -0.3 is 10.1 Å². The highest BCUT2D eigenvalue weighted by molar-refractivity contribution is 7.89. The van der Waals surface area contributed by atoms with Gasteiger partial charge in [0.15, 0.2) is 5.69 Å². The Morgan fingerprint density at radius 3 is 2.41 bits per heavy atom. The van der Waals surface area contributed by atoms with Crippen LogP contribution in [0.4, 0.5) is 5.69 Å². The Balaban J connectivity index is 2.26. The summed E-state index contributed by atoms with van der Waals surface area (Å²) in [6, 6.07) is 8.96. The average Bonchev–Trinajstić information content (AvgIpc) is 3.14. The fourth-order valence-electron chi connectivity index (χ4n) is 3.79. The van der Waals surface area contributed by atoms with Crippen LogP contribution in [0.15, 0.2) is 41.3 Å². The molecule has 39 heavy (non-hydrogen) atoms. The number of amides is 1. The molecule has 0 aliphatic rings. The lowest BCUT2D eigenvalue weighted by molar-refractivity contribution is -0.385. The number of benzene rings is 2. The number of hydrogen-bond donors (Lipinski definition) is 2. The minimum absolute atomic E-state index is 0.0954. The van der Waals surface area contributed by atoms with E-state index in [1.54, 1.807) is 27.7 Å². The number of ether oxygens (including phenoxy) is 1. The van der Waals surface area contributed by atoms with Gasteiger partial charge in [0.2, 0.25) is 15.9 Å². The molecule has 0 aliphatic carbocycles. The Morgan fingerprint density at radius 1 is 1.15 bits per heavy atom. The van der Waals surface area contributed by atoms with E-state index in [0.717, 1.165) is 29.7 Å². The van der Waals surface area contributed by atoms with Crippen molar-refractivity contribution >= 4 is 21.6 Å². The first-order valence-corrected chi connectivity index (χ1v) is 14.0. The van der Waals surface area contributed by atoms with Gasteiger partial charge in [-0.3, -0.25) is 14.9 Å². The van der Waals surface area contributed by atoms with Crippen LogP contribution in [0.2, 0.25) is 0 Å². The third-order valence-electron chi connectivity index (χ3n) is 5.94. The van der Waals surface area contributed by atoms with Crippen molar-refractivity contribution in [3.8, 4) is 17.3 Å². The minimum Gasteiger partial charge on any atom is -0.437 e. The highest BCUT2D eigenvalue weighted by Crippen LogP contribution is 2.36. The summed E-state index contributed by atoms with van der Waals surface area (Å²) >= 11 is 0. The molecular formula is C27H35N5O6S. The summed E-state index contributed by atoms with van der Waals surface area (Å²) in [6.45, 7) is 14.2. The van der Waals surface area contributed by atoms with Crippen molar-refractivity contribution in [2.75, 3.05) is 0 Å². The average molecular weight is 558 g/mol. The summed E-state index contributed by atoms with van der Waals surface area (Å²) in [5, 5.41) is 18.9. The number of aromatic nitrogens is 2. The fourth-order valence-corrected chi connectivity index (χ4v) is 5.35. The lowest BCUT2D eigenvalue weighted by Gasteiger charge is -2.21. The molecule has 0 unspecified atom stereocenters. The molecule has 12 heteroatoms. The molecule has 0 bridgehead atoms. The second-order valence-electron chi connectivity index (χ2n) is 10.6. The molecule has 1 atom stereocenters. The maximum Gasteiger partial charge on any atom is 0.272 e. The number of nitrogens with zero attached hydrogens (tertiary/aromatic N) is 3. The molecular weight excluding hydrogens is 522 g/mol. The molecule has 0 aliphatic heterocycles. The van der Waals surface area contributed by atoms with E-state index in [2.05, 4.69) is 15.1 Å². The SMILES string of the molecule is CC[C@@H](C)NC(=O)c1nn(-c2cc(C)ccc2C)c(Oc2ccc([N+](=O)[O-])cc2S(=O)(=O)NC(C)(C)C)c1C. The summed E-state index contributed by atoms with van der Waals surface area (Å²) < 4.78 is 36.8. The van der Waals surface area contributed by atoms with Crippen LogP contribution < -0.4 is 14.8 Å². The maximum absolute atomic E-state index is 13.3. The van der Waals surface area contributed by atoms with E-state index in [1.807, 2.05) is 45.9 Å². The van der Waals surface area contributed by atoms with Crippen LogP contribution in [0, 0.1) is 30.9 Å². The molecule has 11 nitrogen and oxygen atoms in total. The number of nitro groups is 1. The van der Waals surface area contributed by atoms with Crippen LogP contribution in [-0.4, -0.2) is 40.6 Å². The van der Waals surface area contributed by atoms with Gasteiger partial charge in [0.1, 0.15) is 10.6 Å². The second kappa shape index (κ2) is 11.1. The first-order valence-electron chi connectivity index (χ1n) is 12.5. The molecule has 210 valence electrons. The number of rotatable bonds is 9. The number of aryl methyl sites for hydroxylation is 2. The summed E-state index contributed by atoms with van der Waals surface area (Å²) in [6.07, 6.45) is 0.719.